The summed E-state index contributed by atoms with van der Waals surface area (Å²) >= 11 is 0. The van der Waals surface area contributed by atoms with Gasteiger partial charge in [0.25, 0.3) is 5.95 Å². The van der Waals surface area contributed by atoms with Crippen LogP contribution in [0.1, 0.15) is 13.8 Å². The van der Waals surface area contributed by atoms with Crippen molar-refractivity contribution in [3.8, 4) is 0 Å². The van der Waals surface area contributed by atoms with E-state index < -0.39 is 0 Å². The fraction of sp³-hybridized carbons (Fsp3) is 0.250. The van der Waals surface area contributed by atoms with Crippen molar-refractivity contribution in [2.24, 2.45) is 16.3 Å². The number of nitrogens with one attached hydrogen (secondary N) is 1. The van der Waals surface area contributed by atoms with Crippen LogP contribution in [0.5, 0.6) is 0 Å². The van der Waals surface area contributed by atoms with Gasteiger partial charge in [0.05, 0.1) is 5.69 Å². The first-order valence-corrected chi connectivity index (χ1v) is 7.35. The predicted molar refractivity (Wildman–Crippen MR) is 90.2 cm³/mol. The molecule has 3 rings (SSSR count). The van der Waals surface area contributed by atoms with Crippen LogP contribution in [0.15, 0.2) is 59.2 Å². The smallest absolute Gasteiger partial charge is 0.290 e. The number of anilines is 2. The largest absolute Gasteiger partial charge is 0.323 e. The first-order chi connectivity index (χ1) is 11.1. The molecule has 2 unspecified atom stereocenters. The molecule has 1 aromatic carbocycles. The van der Waals surface area contributed by atoms with Gasteiger partial charge >= 0.3 is 0 Å². The van der Waals surface area contributed by atoms with Crippen LogP contribution in [0.3, 0.4) is 0 Å². The standard InChI is InChI=1S/C16H19N7/c1-12-8-9-16(2,14(17)10-12)11-18-23(15-19-21-22-20-15)13-6-4-3-5-7-13/h3-11,14H,17H2,1-2H3,(H,19,20,21,22). The number of nitrogens with two attached hydrogens (primary N) is 1. The molecular formula is C16H19N7. The third-order valence-electron chi connectivity index (χ3n) is 3.84. The summed E-state index contributed by atoms with van der Waals surface area (Å²) in [7, 11) is 0. The van der Waals surface area contributed by atoms with Crippen molar-refractivity contribution in [2.75, 3.05) is 5.01 Å². The van der Waals surface area contributed by atoms with Crippen molar-refractivity contribution in [3.63, 3.8) is 0 Å². The number of H-pyrrole nitrogens is 1. The number of allylic oxidation sites excluding steroid dienone is 2. The Morgan fingerprint density at radius 2 is 2.13 bits per heavy atom. The fourth-order valence-corrected chi connectivity index (χ4v) is 2.30. The highest BCUT2D eigenvalue weighted by Gasteiger charge is 2.28. The third kappa shape index (κ3) is 3.19. The second-order valence-electron chi connectivity index (χ2n) is 5.74. The number of hydrogen-bond donors (Lipinski definition) is 2. The zero-order valence-electron chi connectivity index (χ0n) is 13.1. The predicted octanol–water partition coefficient (Wildman–Crippen LogP) is 2.17. The van der Waals surface area contributed by atoms with E-state index in [0.29, 0.717) is 5.95 Å². The van der Waals surface area contributed by atoms with Crippen LogP contribution in [-0.4, -0.2) is 32.9 Å². The molecule has 1 aliphatic rings. The summed E-state index contributed by atoms with van der Waals surface area (Å²) in [5.74, 6) is 0.371. The summed E-state index contributed by atoms with van der Waals surface area (Å²) in [4.78, 5) is 0. The maximum Gasteiger partial charge on any atom is 0.290 e. The van der Waals surface area contributed by atoms with E-state index in [-0.39, 0.29) is 11.5 Å². The van der Waals surface area contributed by atoms with E-state index in [1.165, 1.54) is 0 Å². The molecule has 23 heavy (non-hydrogen) atoms. The van der Waals surface area contributed by atoms with Crippen molar-refractivity contribution in [1.29, 1.82) is 0 Å². The average molecular weight is 309 g/mol. The van der Waals surface area contributed by atoms with E-state index in [2.05, 4.69) is 37.9 Å². The van der Waals surface area contributed by atoms with Crippen molar-refractivity contribution in [3.05, 3.63) is 54.1 Å². The summed E-state index contributed by atoms with van der Waals surface area (Å²) in [6, 6.07) is 9.51. The summed E-state index contributed by atoms with van der Waals surface area (Å²) in [5.41, 5.74) is 7.88. The number of hydrogen-bond acceptors (Lipinski definition) is 6. The number of aromatic nitrogens is 4. The highest BCUT2D eigenvalue weighted by atomic mass is 15.6. The molecule has 7 nitrogen and oxygen atoms in total. The minimum absolute atomic E-state index is 0.140. The first kappa shape index (κ1) is 15.1. The number of aromatic amines is 1. The molecule has 0 saturated carbocycles. The Morgan fingerprint density at radius 3 is 2.78 bits per heavy atom. The summed E-state index contributed by atoms with van der Waals surface area (Å²) < 4.78 is 0. The van der Waals surface area contributed by atoms with Gasteiger partial charge in [-0.1, -0.05) is 47.1 Å². The van der Waals surface area contributed by atoms with Gasteiger partial charge in [0, 0.05) is 17.7 Å². The van der Waals surface area contributed by atoms with Crippen molar-refractivity contribution >= 4 is 17.9 Å². The number of tetrazole rings is 1. The lowest BCUT2D eigenvalue weighted by Crippen LogP contribution is -2.40. The van der Waals surface area contributed by atoms with Gasteiger partial charge in [-0.25, -0.2) is 0 Å². The maximum absolute atomic E-state index is 6.26. The van der Waals surface area contributed by atoms with Crippen molar-refractivity contribution in [2.45, 2.75) is 19.9 Å². The van der Waals surface area contributed by atoms with E-state index in [4.69, 9.17) is 5.73 Å². The number of para-hydroxylation sites is 1. The van der Waals surface area contributed by atoms with Gasteiger partial charge in [0.15, 0.2) is 0 Å². The lowest BCUT2D eigenvalue weighted by Gasteiger charge is -2.30. The van der Waals surface area contributed by atoms with E-state index in [1.807, 2.05) is 56.5 Å². The first-order valence-electron chi connectivity index (χ1n) is 7.35. The Hall–Kier alpha value is -2.80. The summed E-state index contributed by atoms with van der Waals surface area (Å²) in [5, 5.41) is 20.3. The minimum Gasteiger partial charge on any atom is -0.323 e. The molecule has 0 radical (unpaired) electrons. The van der Waals surface area contributed by atoms with Gasteiger partial charge in [0.1, 0.15) is 0 Å². The quantitative estimate of drug-likeness (QED) is 0.666. The number of nitrogens with zero attached hydrogens (tertiary/aromatic N) is 5. The molecule has 3 N–H and O–H groups in total. The molecule has 2 atom stereocenters. The Kier molecular flexibility index (Phi) is 4.03. The second-order valence-corrected chi connectivity index (χ2v) is 5.74. The van der Waals surface area contributed by atoms with Crippen LogP contribution in [0.25, 0.3) is 0 Å². The lowest BCUT2D eigenvalue weighted by atomic mass is 9.79. The third-order valence-corrected chi connectivity index (χ3v) is 3.84. The molecule has 0 aliphatic heterocycles. The highest BCUT2D eigenvalue weighted by molar-refractivity contribution is 5.73. The van der Waals surface area contributed by atoms with Gasteiger partial charge in [-0.15, -0.1) is 5.10 Å². The summed E-state index contributed by atoms with van der Waals surface area (Å²) in [6.07, 6.45) is 7.97. The molecule has 1 aliphatic carbocycles. The van der Waals surface area contributed by atoms with E-state index in [0.717, 1.165) is 11.3 Å². The van der Waals surface area contributed by atoms with Crippen molar-refractivity contribution in [1.82, 2.24) is 20.6 Å². The maximum atomic E-state index is 6.26. The molecule has 1 heterocycles. The molecule has 0 bridgehead atoms. The Balaban J connectivity index is 1.92. The number of rotatable bonds is 4. The minimum atomic E-state index is -0.379. The Labute approximate surface area is 134 Å². The number of benzene rings is 1. The average Bonchev–Trinajstić information content (AvgIpc) is 3.07. The van der Waals surface area contributed by atoms with Crippen LogP contribution in [0.2, 0.25) is 0 Å². The van der Waals surface area contributed by atoms with Crippen LogP contribution in [-0.2, 0) is 0 Å². The molecule has 0 fully saturated rings. The van der Waals surface area contributed by atoms with E-state index >= 15 is 0 Å². The van der Waals surface area contributed by atoms with E-state index in [9.17, 15) is 0 Å². The van der Waals surface area contributed by atoms with Gasteiger partial charge < -0.3 is 5.73 Å². The van der Waals surface area contributed by atoms with Crippen LogP contribution in [0.4, 0.5) is 11.6 Å². The monoisotopic (exact) mass is 309 g/mol. The summed E-state index contributed by atoms with van der Waals surface area (Å²) in [6.45, 7) is 4.07. The second kappa shape index (κ2) is 6.13. The number of hydrazone groups is 1. The lowest BCUT2D eigenvalue weighted by molar-refractivity contribution is 0.524. The highest BCUT2D eigenvalue weighted by Crippen LogP contribution is 2.28. The van der Waals surface area contributed by atoms with Gasteiger partial charge in [0.2, 0.25) is 0 Å². The van der Waals surface area contributed by atoms with Gasteiger partial charge in [-0.05, 0) is 31.2 Å². The Bertz CT molecular complexity index is 733. The van der Waals surface area contributed by atoms with Crippen LogP contribution < -0.4 is 10.7 Å². The molecule has 0 spiro atoms. The molecular weight excluding hydrogens is 290 g/mol. The molecule has 0 amide bonds. The molecule has 0 saturated heterocycles. The normalized spacial score (nSPS) is 24.0. The van der Waals surface area contributed by atoms with Crippen LogP contribution in [0, 0.1) is 5.41 Å². The van der Waals surface area contributed by atoms with Gasteiger partial charge in [-0.3, -0.25) is 0 Å². The zero-order valence-corrected chi connectivity index (χ0v) is 13.1. The fourth-order valence-electron chi connectivity index (χ4n) is 2.30. The molecule has 1 aromatic heterocycles. The molecule has 2 aromatic rings. The van der Waals surface area contributed by atoms with E-state index in [1.54, 1.807) is 5.01 Å². The Morgan fingerprint density at radius 1 is 1.35 bits per heavy atom. The zero-order chi connectivity index (χ0) is 16.3. The van der Waals surface area contributed by atoms with Crippen LogP contribution >= 0.6 is 0 Å². The SMILES string of the molecule is CC1=CC(N)C(C)(C=NN(c2ccccc2)c2nn[nH]n2)C=C1. The molecule has 7 heteroatoms. The van der Waals surface area contributed by atoms with Crippen molar-refractivity contribution < 1.29 is 0 Å². The van der Waals surface area contributed by atoms with Gasteiger partial charge in [-0.2, -0.15) is 15.3 Å². The molecule has 118 valence electrons. The topological polar surface area (TPSA) is 96.1 Å².